The van der Waals surface area contributed by atoms with Crippen molar-refractivity contribution >= 4 is 23.1 Å². The van der Waals surface area contributed by atoms with E-state index in [1.54, 1.807) is 6.20 Å². The van der Waals surface area contributed by atoms with Gasteiger partial charge in [0.2, 0.25) is 0 Å². The van der Waals surface area contributed by atoms with Crippen molar-refractivity contribution in [3.63, 3.8) is 0 Å². The summed E-state index contributed by atoms with van der Waals surface area (Å²) in [5.74, 6) is 0.905. The zero-order valence-electron chi connectivity index (χ0n) is 9.57. The van der Waals surface area contributed by atoms with Crippen molar-refractivity contribution in [1.29, 1.82) is 0 Å². The van der Waals surface area contributed by atoms with E-state index >= 15 is 0 Å². The van der Waals surface area contributed by atoms with Crippen LogP contribution in [0.15, 0.2) is 12.3 Å². The smallest absolute Gasteiger partial charge is 0.130 e. The summed E-state index contributed by atoms with van der Waals surface area (Å²) in [7, 11) is 0. The molecule has 0 aromatic carbocycles. The number of nitrogens with zero attached hydrogens (tertiary/aromatic N) is 2. The van der Waals surface area contributed by atoms with Gasteiger partial charge >= 0.3 is 0 Å². The molecule has 88 valence electrons. The molecule has 3 N–H and O–H groups in total. The molecule has 1 aliphatic heterocycles. The van der Waals surface area contributed by atoms with E-state index in [1.807, 2.05) is 6.07 Å². The van der Waals surface area contributed by atoms with Gasteiger partial charge in [0.1, 0.15) is 5.82 Å². The summed E-state index contributed by atoms with van der Waals surface area (Å²) < 4.78 is 0. The third-order valence-corrected chi connectivity index (χ3v) is 3.07. The van der Waals surface area contributed by atoms with Crippen LogP contribution in [0.2, 0.25) is 5.02 Å². The molecule has 0 aliphatic carbocycles. The van der Waals surface area contributed by atoms with Gasteiger partial charge in [-0.1, -0.05) is 11.6 Å². The first-order valence-electron chi connectivity index (χ1n) is 5.48. The number of nitrogens with one attached hydrogen (secondary N) is 1. The van der Waals surface area contributed by atoms with Gasteiger partial charge in [-0.05, 0) is 13.8 Å². The second kappa shape index (κ2) is 4.47. The maximum Gasteiger partial charge on any atom is 0.130 e. The highest BCUT2D eigenvalue weighted by Gasteiger charge is 2.22. The fourth-order valence-corrected chi connectivity index (χ4v) is 2.23. The van der Waals surface area contributed by atoms with E-state index in [2.05, 4.69) is 29.0 Å². The highest BCUT2D eigenvalue weighted by molar-refractivity contribution is 6.32. The van der Waals surface area contributed by atoms with Crippen molar-refractivity contribution in [3.05, 3.63) is 17.3 Å². The Kier molecular flexibility index (Phi) is 3.21. The number of nitrogen functional groups attached to an aromatic ring is 1. The molecule has 1 aromatic heterocycles. The van der Waals surface area contributed by atoms with E-state index in [1.165, 1.54) is 0 Å². The van der Waals surface area contributed by atoms with Gasteiger partial charge in [-0.25, -0.2) is 4.98 Å². The zero-order chi connectivity index (χ0) is 11.7. The summed E-state index contributed by atoms with van der Waals surface area (Å²) in [4.78, 5) is 6.55. The Morgan fingerprint density at radius 2 is 2.06 bits per heavy atom. The molecule has 2 unspecified atom stereocenters. The molecule has 2 rings (SSSR count). The molecule has 0 bridgehead atoms. The molecular weight excluding hydrogens is 224 g/mol. The van der Waals surface area contributed by atoms with Crippen LogP contribution in [0.1, 0.15) is 13.8 Å². The fraction of sp³-hybridized carbons (Fsp3) is 0.545. The summed E-state index contributed by atoms with van der Waals surface area (Å²) in [6.07, 6.45) is 1.61. The van der Waals surface area contributed by atoms with Crippen LogP contribution in [0, 0.1) is 0 Å². The maximum atomic E-state index is 5.86. The monoisotopic (exact) mass is 240 g/mol. The summed E-state index contributed by atoms with van der Waals surface area (Å²) in [6, 6.07) is 2.76. The Labute approximate surface area is 101 Å². The molecule has 1 aliphatic rings. The predicted molar refractivity (Wildman–Crippen MR) is 67.9 cm³/mol. The number of pyridine rings is 1. The maximum absolute atomic E-state index is 5.86. The lowest BCUT2D eigenvalue weighted by Gasteiger charge is -2.37. The highest BCUT2D eigenvalue weighted by atomic mass is 35.5. The van der Waals surface area contributed by atoms with Crippen LogP contribution < -0.4 is 16.0 Å². The minimum atomic E-state index is 0.461. The van der Waals surface area contributed by atoms with Crippen molar-refractivity contribution in [2.45, 2.75) is 25.9 Å². The Hall–Kier alpha value is -1.00. The van der Waals surface area contributed by atoms with E-state index < -0.39 is 0 Å². The summed E-state index contributed by atoms with van der Waals surface area (Å²) in [5, 5.41) is 3.99. The second-order valence-corrected chi connectivity index (χ2v) is 4.84. The molecular formula is C11H17ClN4. The third-order valence-electron chi connectivity index (χ3n) is 2.75. The van der Waals surface area contributed by atoms with Crippen LogP contribution in [0.5, 0.6) is 0 Å². The Bertz CT molecular complexity index is 372. The first-order valence-corrected chi connectivity index (χ1v) is 5.86. The average molecular weight is 241 g/mol. The quantitative estimate of drug-likeness (QED) is 0.781. The number of hydrogen-bond donors (Lipinski definition) is 2. The topological polar surface area (TPSA) is 54.2 Å². The van der Waals surface area contributed by atoms with Crippen molar-refractivity contribution in [3.8, 4) is 0 Å². The van der Waals surface area contributed by atoms with Crippen LogP contribution in [-0.2, 0) is 0 Å². The van der Waals surface area contributed by atoms with Gasteiger partial charge < -0.3 is 16.0 Å². The molecule has 1 aromatic rings. The largest absolute Gasteiger partial charge is 0.397 e. The molecule has 0 radical (unpaired) electrons. The number of aromatic nitrogens is 1. The van der Waals surface area contributed by atoms with Gasteiger partial charge in [0, 0.05) is 37.4 Å². The lowest BCUT2D eigenvalue weighted by atomic mass is 10.1. The summed E-state index contributed by atoms with van der Waals surface area (Å²) in [6.45, 7) is 6.22. The Morgan fingerprint density at radius 1 is 1.44 bits per heavy atom. The number of rotatable bonds is 1. The van der Waals surface area contributed by atoms with Crippen LogP contribution >= 0.6 is 11.6 Å². The molecule has 0 amide bonds. The SMILES string of the molecule is CC1CN(c2cc(N)c(Cl)cn2)CC(C)N1. The van der Waals surface area contributed by atoms with Gasteiger partial charge in [-0.3, -0.25) is 0 Å². The molecule has 4 nitrogen and oxygen atoms in total. The van der Waals surface area contributed by atoms with E-state index in [0.29, 0.717) is 22.8 Å². The lowest BCUT2D eigenvalue weighted by Crippen LogP contribution is -2.54. The second-order valence-electron chi connectivity index (χ2n) is 4.44. The standard InChI is InChI=1S/C11H17ClN4/c1-7-5-16(6-8(2)15-7)11-3-10(13)9(12)4-14-11/h3-4,7-8,15H,5-6H2,1-2H3,(H2,13,14). The highest BCUT2D eigenvalue weighted by Crippen LogP contribution is 2.23. The van der Waals surface area contributed by atoms with Crippen LogP contribution in [0.25, 0.3) is 0 Å². The van der Waals surface area contributed by atoms with E-state index in [4.69, 9.17) is 17.3 Å². The van der Waals surface area contributed by atoms with Gasteiger partial charge in [-0.2, -0.15) is 0 Å². The van der Waals surface area contributed by atoms with Crippen LogP contribution in [0.4, 0.5) is 11.5 Å². The van der Waals surface area contributed by atoms with Gasteiger partial charge in [0.25, 0.3) is 0 Å². The van der Waals surface area contributed by atoms with Crippen molar-refractivity contribution in [2.24, 2.45) is 0 Å². The minimum Gasteiger partial charge on any atom is -0.397 e. The molecule has 1 fully saturated rings. The minimum absolute atomic E-state index is 0.461. The van der Waals surface area contributed by atoms with Crippen LogP contribution in [-0.4, -0.2) is 30.2 Å². The molecule has 16 heavy (non-hydrogen) atoms. The predicted octanol–water partition coefficient (Wildman–Crippen LogP) is 1.50. The zero-order valence-corrected chi connectivity index (χ0v) is 10.3. The van der Waals surface area contributed by atoms with Crippen LogP contribution in [0.3, 0.4) is 0 Å². The molecule has 2 heterocycles. The normalized spacial score (nSPS) is 25.8. The van der Waals surface area contributed by atoms with Gasteiger partial charge in [-0.15, -0.1) is 0 Å². The lowest BCUT2D eigenvalue weighted by molar-refractivity contribution is 0.405. The third kappa shape index (κ3) is 2.39. The molecule has 5 heteroatoms. The van der Waals surface area contributed by atoms with E-state index in [0.717, 1.165) is 18.9 Å². The number of hydrogen-bond acceptors (Lipinski definition) is 4. The first kappa shape index (κ1) is 11.5. The summed E-state index contributed by atoms with van der Waals surface area (Å²) >= 11 is 5.86. The van der Waals surface area contributed by atoms with Crippen molar-refractivity contribution in [2.75, 3.05) is 23.7 Å². The number of anilines is 2. The van der Waals surface area contributed by atoms with Crippen molar-refractivity contribution in [1.82, 2.24) is 10.3 Å². The van der Waals surface area contributed by atoms with Crippen molar-refractivity contribution < 1.29 is 0 Å². The first-order chi connectivity index (χ1) is 7.56. The van der Waals surface area contributed by atoms with E-state index in [-0.39, 0.29) is 0 Å². The Morgan fingerprint density at radius 3 is 2.62 bits per heavy atom. The molecule has 1 saturated heterocycles. The Balaban J connectivity index is 2.19. The average Bonchev–Trinajstić information content (AvgIpc) is 2.20. The number of piperazine rings is 1. The van der Waals surface area contributed by atoms with Gasteiger partial charge in [0.05, 0.1) is 10.7 Å². The molecule has 2 atom stereocenters. The number of nitrogens with two attached hydrogens (primary N) is 1. The summed E-state index contributed by atoms with van der Waals surface area (Å²) in [5.41, 5.74) is 6.37. The molecule has 0 spiro atoms. The number of halogens is 1. The van der Waals surface area contributed by atoms with E-state index in [9.17, 15) is 0 Å². The molecule has 0 saturated carbocycles. The fourth-order valence-electron chi connectivity index (χ4n) is 2.13. The van der Waals surface area contributed by atoms with Gasteiger partial charge in [0.15, 0.2) is 0 Å².